The summed E-state index contributed by atoms with van der Waals surface area (Å²) in [5.41, 5.74) is 0. The van der Waals surface area contributed by atoms with E-state index in [0.717, 1.165) is 12.8 Å². The number of hydrogen-bond acceptors (Lipinski definition) is 4. The number of rotatable bonds is 2. The summed E-state index contributed by atoms with van der Waals surface area (Å²) in [5, 5.41) is 0. The van der Waals surface area contributed by atoms with Crippen molar-refractivity contribution < 1.29 is 17.9 Å². The number of carbonyl (C=O) groups is 1. The normalized spacial score (nSPS) is 27.2. The fraction of sp³-hybridized carbons (Fsp3) is 0.909. The predicted octanol–water partition coefficient (Wildman–Crippen LogP) is -0.483. The minimum absolute atomic E-state index is 0.0756. The number of sulfonamides is 1. The summed E-state index contributed by atoms with van der Waals surface area (Å²) in [6.45, 7) is 3.26. The van der Waals surface area contributed by atoms with Crippen molar-refractivity contribution in [2.45, 2.75) is 12.8 Å². The molecule has 0 aromatic carbocycles. The second-order valence-corrected chi connectivity index (χ2v) is 6.88. The monoisotopic (exact) mass is 276 g/mol. The molecule has 2 saturated heterocycles. The van der Waals surface area contributed by atoms with Gasteiger partial charge in [0, 0.05) is 26.2 Å². The molecular formula is C11H20N2O4S. The van der Waals surface area contributed by atoms with Crippen LogP contribution < -0.4 is 0 Å². The van der Waals surface area contributed by atoms with Gasteiger partial charge in [-0.15, -0.1) is 0 Å². The molecule has 1 atom stereocenters. The predicted molar refractivity (Wildman–Crippen MR) is 66.5 cm³/mol. The lowest BCUT2D eigenvalue weighted by atomic mass is 9.98. The Bertz CT molecular complexity index is 403. The van der Waals surface area contributed by atoms with Crippen LogP contribution in [0.4, 0.5) is 0 Å². The van der Waals surface area contributed by atoms with Crippen LogP contribution in [-0.4, -0.2) is 69.2 Å². The van der Waals surface area contributed by atoms with Gasteiger partial charge in [-0.3, -0.25) is 4.79 Å². The Balaban J connectivity index is 1.97. The molecule has 0 aromatic heterocycles. The molecule has 2 aliphatic rings. The number of nitrogens with zero attached hydrogens (tertiary/aromatic N) is 2. The summed E-state index contributed by atoms with van der Waals surface area (Å²) in [4.78, 5) is 14.1. The van der Waals surface area contributed by atoms with Crippen molar-refractivity contribution in [3.05, 3.63) is 0 Å². The minimum Gasteiger partial charge on any atom is -0.378 e. The van der Waals surface area contributed by atoms with E-state index in [1.165, 1.54) is 10.6 Å². The van der Waals surface area contributed by atoms with Crippen LogP contribution >= 0.6 is 0 Å². The van der Waals surface area contributed by atoms with Crippen molar-refractivity contribution >= 4 is 15.9 Å². The van der Waals surface area contributed by atoms with Crippen molar-refractivity contribution in [3.63, 3.8) is 0 Å². The SMILES string of the molecule is CS(=O)(=O)N1CCC[C@H](C(=O)N2CCOCC2)C1. The number of hydrogen-bond donors (Lipinski definition) is 0. The molecule has 0 bridgehead atoms. The third kappa shape index (κ3) is 3.21. The lowest BCUT2D eigenvalue weighted by Crippen LogP contribution is -2.49. The Morgan fingerprint density at radius 3 is 2.50 bits per heavy atom. The van der Waals surface area contributed by atoms with E-state index in [1.807, 2.05) is 0 Å². The molecule has 0 aliphatic carbocycles. The number of carbonyl (C=O) groups excluding carboxylic acids is 1. The molecule has 2 heterocycles. The average Bonchev–Trinajstić information content (AvgIpc) is 2.38. The topological polar surface area (TPSA) is 66.9 Å². The van der Waals surface area contributed by atoms with Crippen molar-refractivity contribution in [1.82, 2.24) is 9.21 Å². The minimum atomic E-state index is -3.19. The maximum atomic E-state index is 12.3. The van der Waals surface area contributed by atoms with Crippen LogP contribution in [0.5, 0.6) is 0 Å². The highest BCUT2D eigenvalue weighted by molar-refractivity contribution is 7.88. The summed E-state index contributed by atoms with van der Waals surface area (Å²) >= 11 is 0. The summed E-state index contributed by atoms with van der Waals surface area (Å²) < 4.78 is 29.7. The second kappa shape index (κ2) is 5.54. The molecule has 2 fully saturated rings. The zero-order chi connectivity index (χ0) is 13.2. The maximum absolute atomic E-state index is 12.3. The third-order valence-corrected chi connectivity index (χ3v) is 4.79. The lowest BCUT2D eigenvalue weighted by Gasteiger charge is -2.35. The number of amides is 1. The first-order valence-corrected chi connectivity index (χ1v) is 8.15. The van der Waals surface area contributed by atoms with Gasteiger partial charge in [0.05, 0.1) is 25.4 Å². The Labute approximate surface area is 108 Å². The fourth-order valence-electron chi connectivity index (χ4n) is 2.49. The van der Waals surface area contributed by atoms with E-state index < -0.39 is 10.0 Å². The largest absolute Gasteiger partial charge is 0.378 e. The first kappa shape index (κ1) is 13.8. The van der Waals surface area contributed by atoms with E-state index in [4.69, 9.17) is 4.74 Å². The van der Waals surface area contributed by atoms with Gasteiger partial charge in [-0.05, 0) is 12.8 Å². The van der Waals surface area contributed by atoms with Gasteiger partial charge in [0.2, 0.25) is 15.9 Å². The second-order valence-electron chi connectivity index (χ2n) is 4.90. The Morgan fingerprint density at radius 2 is 1.89 bits per heavy atom. The first-order valence-electron chi connectivity index (χ1n) is 6.30. The van der Waals surface area contributed by atoms with Gasteiger partial charge in [0.1, 0.15) is 0 Å². The molecular weight excluding hydrogens is 256 g/mol. The smallest absolute Gasteiger partial charge is 0.227 e. The summed E-state index contributed by atoms with van der Waals surface area (Å²) in [5.74, 6) is -0.113. The molecule has 2 rings (SSSR count). The zero-order valence-electron chi connectivity index (χ0n) is 10.7. The number of morpholine rings is 1. The number of piperidine rings is 1. The van der Waals surface area contributed by atoms with Gasteiger partial charge in [-0.2, -0.15) is 0 Å². The fourth-order valence-corrected chi connectivity index (χ4v) is 3.40. The first-order chi connectivity index (χ1) is 8.48. The Morgan fingerprint density at radius 1 is 1.22 bits per heavy atom. The molecule has 6 nitrogen and oxygen atoms in total. The summed E-state index contributed by atoms with van der Waals surface area (Å²) in [6, 6.07) is 0. The molecule has 18 heavy (non-hydrogen) atoms. The van der Waals surface area contributed by atoms with Crippen molar-refractivity contribution in [3.8, 4) is 0 Å². The highest BCUT2D eigenvalue weighted by Gasteiger charge is 2.32. The van der Waals surface area contributed by atoms with Gasteiger partial charge >= 0.3 is 0 Å². The van der Waals surface area contributed by atoms with E-state index >= 15 is 0 Å². The van der Waals surface area contributed by atoms with Crippen molar-refractivity contribution in [2.75, 3.05) is 45.6 Å². The highest BCUT2D eigenvalue weighted by atomic mass is 32.2. The molecule has 2 aliphatic heterocycles. The zero-order valence-corrected chi connectivity index (χ0v) is 11.5. The Hall–Kier alpha value is -0.660. The standard InChI is InChI=1S/C11H20N2O4S/c1-18(15,16)13-4-2-3-10(9-13)11(14)12-5-7-17-8-6-12/h10H,2-9H2,1H3/t10-/m0/s1. The molecule has 104 valence electrons. The molecule has 0 unspecified atom stereocenters. The van der Waals surface area contributed by atoms with Gasteiger partial charge in [0.15, 0.2) is 0 Å². The quantitative estimate of drug-likeness (QED) is 0.683. The van der Waals surface area contributed by atoms with Crippen LogP contribution in [0.15, 0.2) is 0 Å². The maximum Gasteiger partial charge on any atom is 0.227 e. The van der Waals surface area contributed by atoms with Crippen LogP contribution in [0.25, 0.3) is 0 Å². The lowest BCUT2D eigenvalue weighted by molar-refractivity contribution is -0.140. The highest BCUT2D eigenvalue weighted by Crippen LogP contribution is 2.21. The van der Waals surface area contributed by atoms with Gasteiger partial charge < -0.3 is 9.64 Å². The summed E-state index contributed by atoms with van der Waals surface area (Å²) in [7, 11) is -3.19. The van der Waals surface area contributed by atoms with E-state index in [0.29, 0.717) is 39.4 Å². The molecule has 7 heteroatoms. The van der Waals surface area contributed by atoms with Gasteiger partial charge in [0.25, 0.3) is 0 Å². The van der Waals surface area contributed by atoms with Gasteiger partial charge in [-0.1, -0.05) is 0 Å². The van der Waals surface area contributed by atoms with E-state index in [1.54, 1.807) is 4.90 Å². The third-order valence-electron chi connectivity index (χ3n) is 3.53. The number of ether oxygens (including phenoxy) is 1. The van der Waals surface area contributed by atoms with Crippen molar-refractivity contribution in [2.24, 2.45) is 5.92 Å². The molecule has 0 spiro atoms. The molecule has 0 saturated carbocycles. The molecule has 0 radical (unpaired) electrons. The molecule has 0 N–H and O–H groups in total. The van der Waals surface area contributed by atoms with Crippen LogP contribution in [0.2, 0.25) is 0 Å². The van der Waals surface area contributed by atoms with Crippen LogP contribution in [-0.2, 0) is 19.6 Å². The average molecular weight is 276 g/mol. The Kier molecular flexibility index (Phi) is 4.24. The van der Waals surface area contributed by atoms with E-state index in [-0.39, 0.29) is 11.8 Å². The van der Waals surface area contributed by atoms with Gasteiger partial charge in [-0.25, -0.2) is 12.7 Å². The summed E-state index contributed by atoms with van der Waals surface area (Å²) in [6.07, 6.45) is 2.74. The molecule has 0 aromatic rings. The van der Waals surface area contributed by atoms with Crippen LogP contribution in [0.1, 0.15) is 12.8 Å². The molecule has 1 amide bonds. The van der Waals surface area contributed by atoms with Crippen LogP contribution in [0.3, 0.4) is 0 Å². The van der Waals surface area contributed by atoms with Crippen LogP contribution in [0, 0.1) is 5.92 Å². The van der Waals surface area contributed by atoms with E-state index in [2.05, 4.69) is 0 Å². The van der Waals surface area contributed by atoms with E-state index in [9.17, 15) is 13.2 Å². The van der Waals surface area contributed by atoms with Crippen molar-refractivity contribution in [1.29, 1.82) is 0 Å².